The van der Waals surface area contributed by atoms with Crippen LogP contribution in [0.5, 0.6) is 5.88 Å². The number of aromatic nitrogens is 1. The molecule has 5 heteroatoms. The lowest BCUT2D eigenvalue weighted by Crippen LogP contribution is -2.33. The van der Waals surface area contributed by atoms with Gasteiger partial charge in [-0.1, -0.05) is 12.5 Å². The molecule has 3 rings (SSSR count). The molecule has 1 aromatic heterocycles. The Morgan fingerprint density at radius 1 is 1.23 bits per heavy atom. The third kappa shape index (κ3) is 4.19. The van der Waals surface area contributed by atoms with Crippen LogP contribution in [0.3, 0.4) is 0 Å². The monoisotopic (exact) mass is 304 g/mol. The van der Waals surface area contributed by atoms with Crippen molar-refractivity contribution in [1.82, 2.24) is 10.3 Å². The van der Waals surface area contributed by atoms with Crippen LogP contribution in [0.2, 0.25) is 0 Å². The third-order valence-electron chi connectivity index (χ3n) is 4.33. The maximum atomic E-state index is 11.9. The van der Waals surface area contributed by atoms with E-state index in [2.05, 4.69) is 10.3 Å². The fourth-order valence-electron chi connectivity index (χ4n) is 3.03. The van der Waals surface area contributed by atoms with Crippen molar-refractivity contribution in [3.05, 3.63) is 23.9 Å². The molecule has 2 heterocycles. The summed E-state index contributed by atoms with van der Waals surface area (Å²) in [5.41, 5.74) is 0.974. The number of carbonyl (C=O) groups excluding carboxylic acids is 1. The number of nitrogens with zero attached hydrogens (tertiary/aromatic N) is 1. The van der Waals surface area contributed by atoms with E-state index in [9.17, 15) is 4.79 Å². The van der Waals surface area contributed by atoms with E-state index in [1.165, 1.54) is 19.3 Å². The summed E-state index contributed by atoms with van der Waals surface area (Å²) < 4.78 is 11.3. The van der Waals surface area contributed by atoms with Gasteiger partial charge in [-0.2, -0.15) is 0 Å². The average Bonchev–Trinajstić information content (AvgIpc) is 3.09. The van der Waals surface area contributed by atoms with Crippen molar-refractivity contribution in [3.63, 3.8) is 0 Å². The molecule has 120 valence electrons. The summed E-state index contributed by atoms with van der Waals surface area (Å²) in [5.74, 6) is 0.654. The number of hydrogen-bond acceptors (Lipinski definition) is 4. The molecule has 0 radical (unpaired) electrons. The van der Waals surface area contributed by atoms with Gasteiger partial charge in [-0.25, -0.2) is 4.98 Å². The minimum Gasteiger partial charge on any atom is -0.474 e. The lowest BCUT2D eigenvalue weighted by atomic mass is 9.98. The summed E-state index contributed by atoms with van der Waals surface area (Å²) in [6, 6.07) is 3.85. The topological polar surface area (TPSA) is 60.5 Å². The molecule has 1 N–H and O–H groups in total. The van der Waals surface area contributed by atoms with Crippen molar-refractivity contribution in [3.8, 4) is 5.88 Å². The molecule has 1 unspecified atom stereocenters. The Morgan fingerprint density at radius 3 is 2.77 bits per heavy atom. The molecule has 2 fully saturated rings. The van der Waals surface area contributed by atoms with Crippen LogP contribution in [0.25, 0.3) is 0 Å². The van der Waals surface area contributed by atoms with Crippen LogP contribution in [-0.2, 0) is 16.1 Å². The van der Waals surface area contributed by atoms with Gasteiger partial charge in [0.2, 0.25) is 11.8 Å². The van der Waals surface area contributed by atoms with Gasteiger partial charge in [-0.15, -0.1) is 0 Å². The van der Waals surface area contributed by atoms with Crippen molar-refractivity contribution in [1.29, 1.82) is 0 Å². The van der Waals surface area contributed by atoms with E-state index < -0.39 is 0 Å². The highest BCUT2D eigenvalue weighted by Gasteiger charge is 2.23. The molecule has 0 bridgehead atoms. The van der Waals surface area contributed by atoms with E-state index in [1.807, 2.05) is 12.1 Å². The second-order valence-electron chi connectivity index (χ2n) is 6.10. The second kappa shape index (κ2) is 7.58. The molecule has 0 aromatic carbocycles. The lowest BCUT2D eigenvalue weighted by molar-refractivity contribution is -0.130. The molecule has 1 atom stereocenters. The fourth-order valence-corrected chi connectivity index (χ4v) is 3.03. The molecular formula is C17H24N2O3. The molecule has 0 spiro atoms. The zero-order valence-corrected chi connectivity index (χ0v) is 12.9. The molecular weight excluding hydrogens is 280 g/mol. The smallest absolute Gasteiger partial charge is 0.249 e. The largest absolute Gasteiger partial charge is 0.474 e. The van der Waals surface area contributed by atoms with Gasteiger partial charge in [-0.05, 0) is 44.1 Å². The summed E-state index contributed by atoms with van der Waals surface area (Å²) in [6.45, 7) is 1.17. The predicted octanol–water partition coefficient (Wildman–Crippen LogP) is 2.59. The van der Waals surface area contributed by atoms with Crippen molar-refractivity contribution in [2.45, 2.75) is 63.7 Å². The van der Waals surface area contributed by atoms with Crippen LogP contribution in [0.4, 0.5) is 0 Å². The van der Waals surface area contributed by atoms with E-state index in [4.69, 9.17) is 9.47 Å². The van der Waals surface area contributed by atoms with Gasteiger partial charge in [-0.3, -0.25) is 4.79 Å². The maximum absolute atomic E-state index is 11.9. The van der Waals surface area contributed by atoms with Crippen molar-refractivity contribution in [2.24, 2.45) is 0 Å². The number of carbonyl (C=O) groups is 1. The minimum atomic E-state index is -0.276. The Morgan fingerprint density at radius 2 is 2.09 bits per heavy atom. The Balaban J connectivity index is 1.45. The Bertz CT molecular complexity index is 477. The van der Waals surface area contributed by atoms with Crippen molar-refractivity contribution >= 4 is 5.91 Å². The Kier molecular flexibility index (Phi) is 5.27. The quantitative estimate of drug-likeness (QED) is 0.908. The van der Waals surface area contributed by atoms with Crippen LogP contribution in [0.1, 0.15) is 50.5 Å². The molecule has 2 aliphatic rings. The van der Waals surface area contributed by atoms with Crippen LogP contribution >= 0.6 is 0 Å². The van der Waals surface area contributed by atoms with E-state index in [0.717, 1.165) is 31.2 Å². The summed E-state index contributed by atoms with van der Waals surface area (Å²) in [5, 5.41) is 2.90. The van der Waals surface area contributed by atoms with Gasteiger partial charge in [0.1, 0.15) is 12.2 Å². The number of rotatable bonds is 5. The first-order chi connectivity index (χ1) is 10.8. The first-order valence-corrected chi connectivity index (χ1v) is 8.32. The van der Waals surface area contributed by atoms with E-state index in [1.54, 1.807) is 6.20 Å². The molecule has 1 amide bonds. The number of hydrogen-bond donors (Lipinski definition) is 1. The van der Waals surface area contributed by atoms with Gasteiger partial charge in [0.05, 0.1) is 0 Å². The molecule has 22 heavy (non-hydrogen) atoms. The van der Waals surface area contributed by atoms with Gasteiger partial charge in [0, 0.05) is 25.4 Å². The minimum absolute atomic E-state index is 0.0277. The first kappa shape index (κ1) is 15.3. The van der Waals surface area contributed by atoms with Gasteiger partial charge < -0.3 is 14.8 Å². The van der Waals surface area contributed by atoms with Crippen LogP contribution in [-0.4, -0.2) is 29.7 Å². The van der Waals surface area contributed by atoms with E-state index in [0.29, 0.717) is 25.1 Å². The summed E-state index contributed by atoms with van der Waals surface area (Å²) in [4.78, 5) is 16.2. The number of nitrogens with one attached hydrogen (secondary N) is 1. The van der Waals surface area contributed by atoms with Gasteiger partial charge >= 0.3 is 0 Å². The zero-order chi connectivity index (χ0) is 15.2. The SMILES string of the molecule is O=C(NCc1ccc(OC2CCCCC2)nc1)C1CCCO1. The maximum Gasteiger partial charge on any atom is 0.249 e. The van der Waals surface area contributed by atoms with Crippen molar-refractivity contribution < 1.29 is 14.3 Å². The standard InChI is InChI=1S/C17H24N2O3/c20-17(15-7-4-10-21-15)19-12-13-8-9-16(18-11-13)22-14-5-2-1-3-6-14/h8-9,11,14-15H,1-7,10,12H2,(H,19,20). The predicted molar refractivity (Wildman–Crippen MR) is 82.6 cm³/mol. The highest BCUT2D eigenvalue weighted by atomic mass is 16.5. The molecule has 1 aliphatic carbocycles. The Labute approximate surface area is 131 Å². The van der Waals surface area contributed by atoms with E-state index >= 15 is 0 Å². The molecule has 5 nitrogen and oxygen atoms in total. The second-order valence-corrected chi connectivity index (χ2v) is 6.10. The zero-order valence-electron chi connectivity index (χ0n) is 12.9. The number of ether oxygens (including phenoxy) is 2. The van der Waals surface area contributed by atoms with Crippen LogP contribution < -0.4 is 10.1 Å². The summed E-state index contributed by atoms with van der Waals surface area (Å²) in [6.07, 6.45) is 9.65. The van der Waals surface area contributed by atoms with E-state index in [-0.39, 0.29) is 12.0 Å². The van der Waals surface area contributed by atoms with Crippen LogP contribution in [0, 0.1) is 0 Å². The number of amides is 1. The van der Waals surface area contributed by atoms with Crippen molar-refractivity contribution in [2.75, 3.05) is 6.61 Å². The molecule has 1 aromatic rings. The highest BCUT2D eigenvalue weighted by molar-refractivity contribution is 5.80. The van der Waals surface area contributed by atoms with Gasteiger partial charge in [0.25, 0.3) is 0 Å². The highest BCUT2D eigenvalue weighted by Crippen LogP contribution is 2.22. The molecule has 1 saturated carbocycles. The third-order valence-corrected chi connectivity index (χ3v) is 4.33. The Hall–Kier alpha value is -1.62. The lowest BCUT2D eigenvalue weighted by Gasteiger charge is -2.22. The molecule has 1 aliphatic heterocycles. The normalized spacial score (nSPS) is 22.5. The first-order valence-electron chi connectivity index (χ1n) is 8.32. The van der Waals surface area contributed by atoms with Gasteiger partial charge in [0.15, 0.2) is 0 Å². The fraction of sp³-hybridized carbons (Fsp3) is 0.647. The van der Waals surface area contributed by atoms with Crippen LogP contribution in [0.15, 0.2) is 18.3 Å². The average molecular weight is 304 g/mol. The summed E-state index contributed by atoms with van der Waals surface area (Å²) >= 11 is 0. The summed E-state index contributed by atoms with van der Waals surface area (Å²) in [7, 11) is 0. The molecule has 1 saturated heterocycles. The number of pyridine rings is 1.